The third-order valence-electron chi connectivity index (χ3n) is 8.19. The number of amides is 1. The van der Waals surface area contributed by atoms with Crippen LogP contribution in [0.1, 0.15) is 64.1 Å². The summed E-state index contributed by atoms with van der Waals surface area (Å²) in [7, 11) is 0. The van der Waals surface area contributed by atoms with Crippen molar-refractivity contribution in [2.45, 2.75) is 45.2 Å². The van der Waals surface area contributed by atoms with E-state index in [1.807, 2.05) is 18.2 Å². The van der Waals surface area contributed by atoms with Gasteiger partial charge in [-0.1, -0.05) is 25.3 Å². The monoisotopic (exact) mass is 517 g/mol. The molecule has 1 aliphatic carbocycles. The lowest BCUT2D eigenvalue weighted by Gasteiger charge is -2.26. The molecule has 0 unspecified atom stereocenters. The Balaban J connectivity index is 1.15. The highest BCUT2D eigenvalue weighted by Crippen LogP contribution is 2.34. The minimum absolute atomic E-state index is 0.0236. The number of ketones is 1. The van der Waals surface area contributed by atoms with E-state index >= 15 is 0 Å². The number of phenols is 1. The number of nitrogens with zero attached hydrogens (tertiary/aromatic N) is 3. The SMILES string of the molecule is O=C(c1n[nH]c2cc(O)c(C(=O)N3Cc4ccc(OCCN5CCNCC5)cc4C3)cc12)C1CCCCC1. The first-order valence-corrected chi connectivity index (χ1v) is 13.8. The van der Waals surface area contributed by atoms with Gasteiger partial charge < -0.3 is 20.1 Å². The topological polar surface area (TPSA) is 111 Å². The Bertz CT molecular complexity index is 1340. The number of H-pyrrole nitrogens is 1. The molecule has 0 atom stereocenters. The van der Waals surface area contributed by atoms with E-state index in [2.05, 4.69) is 20.4 Å². The lowest BCUT2D eigenvalue weighted by molar-refractivity contribution is 0.0748. The van der Waals surface area contributed by atoms with Crippen LogP contribution in [0.25, 0.3) is 10.9 Å². The van der Waals surface area contributed by atoms with Gasteiger partial charge >= 0.3 is 0 Å². The van der Waals surface area contributed by atoms with Crippen LogP contribution in [0.3, 0.4) is 0 Å². The number of Topliss-reactive ketones (excluding diaryl/α,β-unsaturated/α-hetero) is 1. The predicted octanol–water partition coefficient (Wildman–Crippen LogP) is 3.47. The molecule has 9 nitrogen and oxygen atoms in total. The van der Waals surface area contributed by atoms with Crippen molar-refractivity contribution in [1.29, 1.82) is 0 Å². The Kier molecular flexibility index (Phi) is 7.04. The molecule has 1 aromatic heterocycles. The molecule has 2 fully saturated rings. The van der Waals surface area contributed by atoms with Gasteiger partial charge in [0.25, 0.3) is 5.91 Å². The fourth-order valence-corrected chi connectivity index (χ4v) is 5.97. The van der Waals surface area contributed by atoms with Crippen molar-refractivity contribution in [2.75, 3.05) is 39.3 Å². The number of phenolic OH excluding ortho intramolecular Hbond substituents is 1. The van der Waals surface area contributed by atoms with Crippen LogP contribution in [-0.4, -0.2) is 76.1 Å². The molecule has 3 heterocycles. The van der Waals surface area contributed by atoms with E-state index in [0.717, 1.165) is 75.3 Å². The second kappa shape index (κ2) is 10.7. The minimum atomic E-state index is -0.265. The summed E-state index contributed by atoms with van der Waals surface area (Å²) in [6, 6.07) is 9.12. The van der Waals surface area contributed by atoms with E-state index in [-0.39, 0.29) is 28.9 Å². The molecule has 1 saturated heterocycles. The van der Waals surface area contributed by atoms with Crippen LogP contribution >= 0.6 is 0 Å². The summed E-state index contributed by atoms with van der Waals surface area (Å²) in [6.07, 6.45) is 5.04. The molecule has 1 saturated carbocycles. The molecule has 1 amide bonds. The van der Waals surface area contributed by atoms with Crippen molar-refractivity contribution in [3.05, 3.63) is 52.7 Å². The number of carbonyl (C=O) groups excluding carboxylic acids is 2. The van der Waals surface area contributed by atoms with E-state index in [0.29, 0.717) is 36.3 Å². The lowest BCUT2D eigenvalue weighted by Crippen LogP contribution is -2.44. The smallest absolute Gasteiger partial charge is 0.258 e. The maximum absolute atomic E-state index is 13.5. The van der Waals surface area contributed by atoms with Crippen molar-refractivity contribution >= 4 is 22.6 Å². The molecule has 0 radical (unpaired) electrons. The number of aromatic amines is 1. The van der Waals surface area contributed by atoms with Crippen molar-refractivity contribution in [3.8, 4) is 11.5 Å². The van der Waals surface area contributed by atoms with Crippen LogP contribution in [0.15, 0.2) is 30.3 Å². The van der Waals surface area contributed by atoms with Gasteiger partial charge in [0.1, 0.15) is 23.8 Å². The van der Waals surface area contributed by atoms with Crippen LogP contribution in [0.2, 0.25) is 0 Å². The first-order valence-electron chi connectivity index (χ1n) is 13.8. The normalized spacial score (nSPS) is 18.6. The number of fused-ring (bicyclic) bond motifs is 2. The molecule has 6 rings (SSSR count). The number of ether oxygens (including phenoxy) is 1. The minimum Gasteiger partial charge on any atom is -0.507 e. The number of piperazine rings is 1. The highest BCUT2D eigenvalue weighted by molar-refractivity contribution is 6.10. The van der Waals surface area contributed by atoms with E-state index in [1.54, 1.807) is 11.0 Å². The van der Waals surface area contributed by atoms with Crippen molar-refractivity contribution in [2.24, 2.45) is 5.92 Å². The predicted molar refractivity (Wildman–Crippen MR) is 143 cm³/mol. The quantitative estimate of drug-likeness (QED) is 0.412. The maximum Gasteiger partial charge on any atom is 0.258 e. The number of aromatic hydroxyl groups is 1. The molecule has 0 bridgehead atoms. The van der Waals surface area contributed by atoms with Crippen molar-refractivity contribution in [3.63, 3.8) is 0 Å². The molecule has 9 heteroatoms. The van der Waals surface area contributed by atoms with Crippen molar-refractivity contribution in [1.82, 2.24) is 25.3 Å². The van der Waals surface area contributed by atoms with Gasteiger partial charge in [0, 0.05) is 63.2 Å². The molecule has 3 aliphatic rings. The summed E-state index contributed by atoms with van der Waals surface area (Å²) in [5.74, 6) is 0.430. The Labute approximate surface area is 222 Å². The van der Waals surface area contributed by atoms with Gasteiger partial charge in [-0.05, 0) is 42.2 Å². The van der Waals surface area contributed by atoms with E-state index < -0.39 is 0 Å². The number of hydrogen-bond acceptors (Lipinski definition) is 7. The number of nitrogens with one attached hydrogen (secondary N) is 2. The average molecular weight is 518 g/mol. The average Bonchev–Trinajstić information content (AvgIpc) is 3.56. The van der Waals surface area contributed by atoms with E-state index in [1.165, 1.54) is 12.5 Å². The summed E-state index contributed by atoms with van der Waals surface area (Å²) in [6.45, 7) is 6.54. The standard InChI is InChI=1S/C29H35N5O4/c35-26-16-25-23(27(32-31-25)28(36)19-4-2-1-3-5-19)15-24(26)29(37)34-17-20-6-7-22(14-21(20)18-34)38-13-12-33-10-8-30-9-11-33/h6-7,14-16,19,30,35H,1-5,8-13,17-18H2,(H,31,32). The molecule has 0 spiro atoms. The number of rotatable bonds is 7. The highest BCUT2D eigenvalue weighted by Gasteiger charge is 2.29. The summed E-state index contributed by atoms with van der Waals surface area (Å²) >= 11 is 0. The zero-order valence-electron chi connectivity index (χ0n) is 21.7. The van der Waals surface area contributed by atoms with E-state index in [9.17, 15) is 14.7 Å². The second-order valence-electron chi connectivity index (χ2n) is 10.7. The van der Waals surface area contributed by atoms with Gasteiger partial charge in [0.2, 0.25) is 0 Å². The zero-order chi connectivity index (χ0) is 26.1. The largest absolute Gasteiger partial charge is 0.507 e. The summed E-state index contributed by atoms with van der Waals surface area (Å²) < 4.78 is 6.01. The van der Waals surface area contributed by atoms with Gasteiger partial charge in [-0.25, -0.2) is 0 Å². The number of aromatic nitrogens is 2. The number of hydrogen-bond donors (Lipinski definition) is 3. The molecule has 2 aliphatic heterocycles. The van der Waals surface area contributed by atoms with Gasteiger partial charge in [-0.15, -0.1) is 0 Å². The summed E-state index contributed by atoms with van der Waals surface area (Å²) in [4.78, 5) is 30.8. The van der Waals surface area contributed by atoms with Gasteiger partial charge in [0.15, 0.2) is 5.78 Å². The second-order valence-corrected chi connectivity index (χ2v) is 10.7. The third kappa shape index (κ3) is 5.00. The molecular formula is C29H35N5O4. The highest BCUT2D eigenvalue weighted by atomic mass is 16.5. The zero-order valence-corrected chi connectivity index (χ0v) is 21.7. The van der Waals surface area contributed by atoms with Crippen LogP contribution in [-0.2, 0) is 13.1 Å². The molecular weight excluding hydrogens is 482 g/mol. The van der Waals surface area contributed by atoms with Crippen LogP contribution < -0.4 is 10.1 Å². The fraction of sp³-hybridized carbons (Fsp3) is 0.483. The Hall–Kier alpha value is -3.43. The first-order chi connectivity index (χ1) is 18.6. The first kappa shape index (κ1) is 24.9. The molecule has 3 N–H and O–H groups in total. The van der Waals surface area contributed by atoms with Crippen LogP contribution in [0, 0.1) is 5.92 Å². The summed E-state index contributed by atoms with van der Waals surface area (Å²) in [5, 5.41) is 21.8. The van der Waals surface area contributed by atoms with Crippen LogP contribution in [0.4, 0.5) is 0 Å². The van der Waals surface area contributed by atoms with Crippen molar-refractivity contribution < 1.29 is 19.4 Å². The van der Waals surface area contributed by atoms with Gasteiger partial charge in [-0.2, -0.15) is 5.10 Å². The molecule has 38 heavy (non-hydrogen) atoms. The number of carbonyl (C=O) groups is 2. The Morgan fingerprint density at radius 3 is 2.63 bits per heavy atom. The van der Waals surface area contributed by atoms with Crippen LogP contribution in [0.5, 0.6) is 11.5 Å². The maximum atomic E-state index is 13.5. The Morgan fingerprint density at radius 1 is 1.03 bits per heavy atom. The summed E-state index contributed by atoms with van der Waals surface area (Å²) in [5.41, 5.74) is 3.25. The van der Waals surface area contributed by atoms with E-state index in [4.69, 9.17) is 4.74 Å². The lowest BCUT2D eigenvalue weighted by atomic mass is 9.84. The fourth-order valence-electron chi connectivity index (χ4n) is 5.97. The number of benzene rings is 2. The molecule has 3 aromatic rings. The Morgan fingerprint density at radius 2 is 1.82 bits per heavy atom. The van der Waals surface area contributed by atoms with Gasteiger partial charge in [0.05, 0.1) is 11.1 Å². The molecule has 2 aromatic carbocycles. The third-order valence-corrected chi connectivity index (χ3v) is 8.19. The molecule has 200 valence electrons. The van der Waals surface area contributed by atoms with Gasteiger partial charge in [-0.3, -0.25) is 19.6 Å².